The molecule has 0 unspecified atom stereocenters. The average molecular weight is 386 g/mol. The molecule has 0 atom stereocenters. The van der Waals surface area contributed by atoms with Crippen LogP contribution in [-0.4, -0.2) is 59.4 Å². The number of piperidine rings is 1. The maximum absolute atomic E-state index is 12.8. The minimum Gasteiger partial charge on any atom is -0.441 e. The van der Waals surface area contributed by atoms with Crippen LogP contribution in [0.15, 0.2) is 24.3 Å². The molecule has 2 saturated heterocycles. The Morgan fingerprint density at radius 1 is 1.07 bits per heavy atom. The highest BCUT2D eigenvalue weighted by molar-refractivity contribution is 5.97. The number of carbonyl (C=O) groups excluding carboxylic acids is 3. The fourth-order valence-electron chi connectivity index (χ4n) is 4.10. The molecule has 3 rings (SSSR count). The molecule has 6 heteroatoms. The van der Waals surface area contributed by atoms with E-state index in [9.17, 15) is 14.4 Å². The summed E-state index contributed by atoms with van der Waals surface area (Å²) in [5.74, 6) is 0.449. The van der Waals surface area contributed by atoms with Gasteiger partial charge in [-0.15, -0.1) is 0 Å². The zero-order valence-electron chi connectivity index (χ0n) is 17.1. The molecule has 1 aromatic rings. The van der Waals surface area contributed by atoms with Crippen LogP contribution in [0.1, 0.15) is 67.2 Å². The first-order valence-electron chi connectivity index (χ1n) is 10.3. The summed E-state index contributed by atoms with van der Waals surface area (Å²) in [5.41, 5.74) is 0.725. The molecular weight excluding hydrogens is 356 g/mol. The molecule has 0 aromatic heterocycles. The Balaban J connectivity index is 1.58. The van der Waals surface area contributed by atoms with Crippen molar-refractivity contribution in [2.75, 3.05) is 26.2 Å². The molecule has 0 saturated carbocycles. The Labute approximate surface area is 166 Å². The van der Waals surface area contributed by atoms with E-state index in [0.717, 1.165) is 19.4 Å². The summed E-state index contributed by atoms with van der Waals surface area (Å²) in [6.07, 6.45) is 3.22. The van der Waals surface area contributed by atoms with Crippen LogP contribution in [0.2, 0.25) is 0 Å². The van der Waals surface area contributed by atoms with Crippen LogP contribution in [0.4, 0.5) is 4.79 Å². The van der Waals surface area contributed by atoms with Crippen molar-refractivity contribution in [3.8, 4) is 0 Å². The molecule has 1 aromatic carbocycles. The van der Waals surface area contributed by atoms with Gasteiger partial charge in [0.1, 0.15) is 5.60 Å². The highest BCUT2D eigenvalue weighted by Gasteiger charge is 2.47. The van der Waals surface area contributed by atoms with Gasteiger partial charge in [-0.3, -0.25) is 9.59 Å². The molecule has 0 N–H and O–H groups in total. The predicted octanol–water partition coefficient (Wildman–Crippen LogP) is 3.75. The van der Waals surface area contributed by atoms with Crippen molar-refractivity contribution in [2.24, 2.45) is 5.92 Å². The predicted molar refractivity (Wildman–Crippen MR) is 106 cm³/mol. The molecule has 2 aliphatic rings. The second-order valence-electron chi connectivity index (χ2n) is 8.04. The quantitative estimate of drug-likeness (QED) is 0.699. The van der Waals surface area contributed by atoms with Crippen molar-refractivity contribution in [1.82, 2.24) is 9.80 Å². The summed E-state index contributed by atoms with van der Waals surface area (Å²) in [4.78, 5) is 40.1. The van der Waals surface area contributed by atoms with E-state index in [1.165, 1.54) is 6.92 Å². The van der Waals surface area contributed by atoms with Gasteiger partial charge in [0.05, 0.1) is 6.54 Å². The molecule has 28 heavy (non-hydrogen) atoms. The molecule has 152 valence electrons. The first-order valence-corrected chi connectivity index (χ1v) is 10.3. The number of rotatable bonds is 6. The van der Waals surface area contributed by atoms with Crippen molar-refractivity contribution in [1.29, 1.82) is 0 Å². The molecule has 0 radical (unpaired) electrons. The Morgan fingerprint density at radius 2 is 1.64 bits per heavy atom. The van der Waals surface area contributed by atoms with E-state index in [1.807, 2.05) is 9.80 Å². The van der Waals surface area contributed by atoms with Crippen molar-refractivity contribution < 1.29 is 19.1 Å². The third kappa shape index (κ3) is 4.21. The minimum absolute atomic E-state index is 0.0140. The van der Waals surface area contributed by atoms with Gasteiger partial charge in [0.2, 0.25) is 0 Å². The molecule has 0 bridgehead atoms. The van der Waals surface area contributed by atoms with Crippen molar-refractivity contribution >= 4 is 17.8 Å². The Hall–Kier alpha value is -2.37. The summed E-state index contributed by atoms with van der Waals surface area (Å²) >= 11 is 0. The van der Waals surface area contributed by atoms with E-state index in [1.54, 1.807) is 24.3 Å². The zero-order chi connectivity index (χ0) is 20.3. The number of amides is 2. The second kappa shape index (κ2) is 8.33. The fraction of sp³-hybridized carbons (Fsp3) is 0.591. The average Bonchev–Trinajstić information content (AvgIpc) is 3.00. The van der Waals surface area contributed by atoms with Crippen molar-refractivity contribution in [3.63, 3.8) is 0 Å². The van der Waals surface area contributed by atoms with Crippen molar-refractivity contribution in [2.45, 2.75) is 52.1 Å². The van der Waals surface area contributed by atoms with Gasteiger partial charge in [-0.25, -0.2) is 4.79 Å². The van der Waals surface area contributed by atoms with E-state index in [-0.39, 0.29) is 17.8 Å². The molecule has 6 nitrogen and oxygen atoms in total. The lowest BCUT2D eigenvalue weighted by atomic mass is 9.90. The highest BCUT2D eigenvalue weighted by Crippen LogP contribution is 2.34. The summed E-state index contributed by atoms with van der Waals surface area (Å²) in [5, 5.41) is 0. The Kier molecular flexibility index (Phi) is 6.06. The van der Waals surface area contributed by atoms with Gasteiger partial charge in [-0.05, 0) is 25.0 Å². The molecule has 2 fully saturated rings. The third-order valence-corrected chi connectivity index (χ3v) is 6.17. The molecule has 1 spiro atoms. The Bertz CT molecular complexity index is 731. The fourth-order valence-corrected chi connectivity index (χ4v) is 4.10. The number of benzene rings is 1. The summed E-state index contributed by atoms with van der Waals surface area (Å²) in [6.45, 7) is 8.32. The largest absolute Gasteiger partial charge is 0.441 e. The van der Waals surface area contributed by atoms with Gasteiger partial charge in [0, 0.05) is 43.6 Å². The van der Waals surface area contributed by atoms with Gasteiger partial charge >= 0.3 is 6.09 Å². The summed E-state index contributed by atoms with van der Waals surface area (Å²) < 4.78 is 5.78. The maximum Gasteiger partial charge on any atom is 0.410 e. The first-order chi connectivity index (χ1) is 13.4. The highest BCUT2D eigenvalue weighted by atomic mass is 16.6. The van der Waals surface area contributed by atoms with E-state index >= 15 is 0 Å². The lowest BCUT2D eigenvalue weighted by molar-refractivity contribution is 0.00310. The van der Waals surface area contributed by atoms with E-state index in [0.29, 0.717) is 49.5 Å². The number of carbonyl (C=O) groups is 3. The van der Waals surface area contributed by atoms with Crippen LogP contribution < -0.4 is 0 Å². The smallest absolute Gasteiger partial charge is 0.410 e. The number of likely N-dealkylation sites (tertiary alicyclic amines) is 1. The summed E-state index contributed by atoms with van der Waals surface area (Å²) in [6, 6.07) is 6.79. The molecular formula is C22H30N2O4. The van der Waals surface area contributed by atoms with E-state index < -0.39 is 5.60 Å². The minimum atomic E-state index is -0.460. The van der Waals surface area contributed by atoms with E-state index in [4.69, 9.17) is 4.74 Å². The number of ketones is 1. The van der Waals surface area contributed by atoms with Crippen LogP contribution in [0.25, 0.3) is 0 Å². The number of nitrogens with zero attached hydrogens (tertiary/aromatic N) is 2. The number of Topliss-reactive ketones (excluding diaryl/α,β-unsaturated/α-hetero) is 1. The van der Waals surface area contributed by atoms with Crippen LogP contribution >= 0.6 is 0 Å². The van der Waals surface area contributed by atoms with Crippen LogP contribution in [0.3, 0.4) is 0 Å². The SMILES string of the molecule is CCC(CC)CN1CC2(CCN(C(=O)c3ccc(C(C)=O)cc3)CC2)OC1=O. The lowest BCUT2D eigenvalue weighted by Crippen LogP contribution is -2.48. The lowest BCUT2D eigenvalue weighted by Gasteiger charge is -2.37. The molecule has 2 heterocycles. The molecule has 2 amide bonds. The van der Waals surface area contributed by atoms with Gasteiger partial charge in [0.25, 0.3) is 5.91 Å². The standard InChI is InChI=1S/C22H30N2O4/c1-4-17(5-2)14-24-15-22(28-21(24)27)10-12-23(13-11-22)20(26)19-8-6-18(7-9-19)16(3)25/h6-9,17H,4-5,10-15H2,1-3H3. The van der Waals surface area contributed by atoms with Crippen LogP contribution in [0, 0.1) is 5.92 Å². The monoisotopic (exact) mass is 386 g/mol. The molecule has 0 aliphatic carbocycles. The van der Waals surface area contributed by atoms with Crippen LogP contribution in [0.5, 0.6) is 0 Å². The number of hydrogen-bond donors (Lipinski definition) is 0. The van der Waals surface area contributed by atoms with Gasteiger partial charge in [0.15, 0.2) is 5.78 Å². The summed E-state index contributed by atoms with van der Waals surface area (Å²) in [7, 11) is 0. The number of ether oxygens (including phenoxy) is 1. The van der Waals surface area contributed by atoms with Crippen molar-refractivity contribution in [3.05, 3.63) is 35.4 Å². The Morgan fingerprint density at radius 3 is 2.18 bits per heavy atom. The van der Waals surface area contributed by atoms with Crippen LogP contribution in [-0.2, 0) is 4.74 Å². The van der Waals surface area contributed by atoms with Gasteiger partial charge in [-0.2, -0.15) is 0 Å². The van der Waals surface area contributed by atoms with Gasteiger partial charge < -0.3 is 14.5 Å². The topological polar surface area (TPSA) is 66.9 Å². The first kappa shape index (κ1) is 20.4. The zero-order valence-corrected chi connectivity index (χ0v) is 17.1. The third-order valence-electron chi connectivity index (χ3n) is 6.17. The van der Waals surface area contributed by atoms with E-state index in [2.05, 4.69) is 13.8 Å². The maximum atomic E-state index is 12.8. The normalized spacial score (nSPS) is 18.6. The van der Waals surface area contributed by atoms with Gasteiger partial charge in [-0.1, -0.05) is 38.8 Å². The number of hydrogen-bond acceptors (Lipinski definition) is 4. The second-order valence-corrected chi connectivity index (χ2v) is 8.04. The molecule has 2 aliphatic heterocycles.